The molecule has 0 aliphatic rings. The third-order valence-electron chi connectivity index (χ3n) is 11.5. The third kappa shape index (κ3) is 5.09. The molecule has 0 aliphatic carbocycles. The first-order valence-electron chi connectivity index (χ1n) is 19.6. The maximum Gasteiger partial charge on any atom is 0.159 e. The van der Waals surface area contributed by atoms with Crippen LogP contribution in [0.4, 0.5) is 17.1 Å². The molecule has 0 amide bonds. The summed E-state index contributed by atoms with van der Waals surface area (Å²) in [4.78, 5) is 2.53. The van der Waals surface area contributed by atoms with Gasteiger partial charge in [-0.15, -0.1) is 22.7 Å². The van der Waals surface area contributed by atoms with Gasteiger partial charge in [0.05, 0.1) is 17.1 Å². The van der Waals surface area contributed by atoms with Gasteiger partial charge in [0.25, 0.3) is 0 Å². The van der Waals surface area contributed by atoms with E-state index in [4.69, 9.17) is 4.42 Å². The van der Waals surface area contributed by atoms with E-state index in [0.29, 0.717) is 0 Å². The molecule has 0 aliphatic heterocycles. The van der Waals surface area contributed by atoms with Crippen LogP contribution in [0.3, 0.4) is 0 Å². The molecule has 0 saturated carbocycles. The number of anilines is 3. The van der Waals surface area contributed by atoms with Gasteiger partial charge < -0.3 is 9.32 Å². The topological polar surface area (TPSA) is 16.4 Å². The Labute approximate surface area is 343 Å². The summed E-state index contributed by atoms with van der Waals surface area (Å²) in [6, 6.07) is 72.5. The zero-order valence-corrected chi connectivity index (χ0v) is 32.9. The molecule has 0 saturated heterocycles. The van der Waals surface area contributed by atoms with Gasteiger partial charge in [-0.25, -0.2) is 0 Å². The fourth-order valence-corrected chi connectivity index (χ4v) is 11.4. The van der Waals surface area contributed by atoms with Gasteiger partial charge in [-0.1, -0.05) is 170 Å². The average molecular weight is 776 g/mol. The quantitative estimate of drug-likeness (QED) is 0.167. The van der Waals surface area contributed by atoms with Gasteiger partial charge in [0, 0.05) is 56.7 Å². The van der Waals surface area contributed by atoms with Crippen LogP contribution in [0.25, 0.3) is 95.7 Å². The number of furan rings is 1. The number of benzene rings is 9. The van der Waals surface area contributed by atoms with Gasteiger partial charge in [0.15, 0.2) is 5.58 Å². The second-order valence-corrected chi connectivity index (χ2v) is 16.8. The first kappa shape index (κ1) is 33.2. The highest BCUT2D eigenvalue weighted by Gasteiger charge is 2.29. The van der Waals surface area contributed by atoms with Crippen molar-refractivity contribution in [3.05, 3.63) is 200 Å². The summed E-state index contributed by atoms with van der Waals surface area (Å²) in [6.45, 7) is 0. The number of thiophene rings is 2. The lowest BCUT2D eigenvalue weighted by Crippen LogP contribution is -2.12. The van der Waals surface area contributed by atoms with Crippen LogP contribution in [0.2, 0.25) is 0 Å². The summed E-state index contributed by atoms with van der Waals surface area (Å²) in [5.41, 5.74) is 12.2. The maximum absolute atomic E-state index is 6.95. The lowest BCUT2D eigenvalue weighted by molar-refractivity contribution is 0.669. The highest BCUT2D eigenvalue weighted by molar-refractivity contribution is 7.27. The van der Waals surface area contributed by atoms with Crippen molar-refractivity contribution in [2.75, 3.05) is 4.90 Å². The summed E-state index contributed by atoms with van der Waals surface area (Å²) in [6.07, 6.45) is 0. The molecular formula is C54H33NOS2. The Hall–Kier alpha value is -6.98. The van der Waals surface area contributed by atoms with E-state index in [1.54, 1.807) is 0 Å². The molecule has 4 heteroatoms. The minimum Gasteiger partial charge on any atom is -0.454 e. The molecule has 0 bridgehead atoms. The normalized spacial score (nSPS) is 11.8. The summed E-state index contributed by atoms with van der Waals surface area (Å²) in [5, 5.41) is 7.15. The van der Waals surface area contributed by atoms with E-state index in [1.165, 1.54) is 62.6 Å². The lowest BCUT2D eigenvalue weighted by atomic mass is 9.95. The first-order chi connectivity index (χ1) is 28.8. The first-order valence-corrected chi connectivity index (χ1v) is 21.2. The van der Waals surface area contributed by atoms with Gasteiger partial charge >= 0.3 is 0 Å². The fourth-order valence-electron chi connectivity index (χ4n) is 8.92. The van der Waals surface area contributed by atoms with E-state index in [1.807, 2.05) is 22.7 Å². The molecular weight excluding hydrogens is 743 g/mol. The monoisotopic (exact) mass is 775 g/mol. The van der Waals surface area contributed by atoms with Gasteiger partial charge in [-0.05, 0) is 58.1 Å². The summed E-state index contributed by atoms with van der Waals surface area (Å²) >= 11 is 3.75. The molecule has 0 fully saturated rings. The standard InChI is InChI=1S/C54H33NOS2/c1-4-16-34(17-5-1)37-31-33-48-50(43-26-14-24-38(53(43)58-48)35-18-6-2-7-19-35)51(37)55(45-27-15-25-41-40-22-10-12-28-46(40)56-52(41)45)44-32-30-39(36-20-8-3-9-21-36)54-49(44)42-23-11-13-29-47(42)57-54/h1-33H. The van der Waals surface area contributed by atoms with Crippen molar-refractivity contribution < 1.29 is 4.42 Å². The van der Waals surface area contributed by atoms with Crippen molar-refractivity contribution >= 4 is 102 Å². The third-order valence-corrected chi connectivity index (χ3v) is 13.9. The van der Waals surface area contributed by atoms with Crippen LogP contribution in [0, 0.1) is 0 Å². The largest absolute Gasteiger partial charge is 0.454 e. The van der Waals surface area contributed by atoms with Gasteiger partial charge in [-0.3, -0.25) is 0 Å². The van der Waals surface area contributed by atoms with Crippen LogP contribution in [-0.2, 0) is 0 Å². The summed E-state index contributed by atoms with van der Waals surface area (Å²) in [7, 11) is 0. The van der Waals surface area contributed by atoms with Gasteiger partial charge in [0.2, 0.25) is 0 Å². The Morgan fingerprint density at radius 2 is 0.914 bits per heavy atom. The van der Waals surface area contributed by atoms with Crippen LogP contribution in [0.1, 0.15) is 0 Å². The molecule has 0 N–H and O–H groups in total. The highest BCUT2D eigenvalue weighted by Crippen LogP contribution is 2.55. The van der Waals surface area contributed by atoms with Gasteiger partial charge in [-0.2, -0.15) is 0 Å². The number of nitrogens with zero attached hydrogens (tertiary/aromatic N) is 1. The number of para-hydroxylation sites is 2. The molecule has 0 unspecified atom stereocenters. The van der Waals surface area contributed by atoms with Crippen molar-refractivity contribution in [2.45, 2.75) is 0 Å². The van der Waals surface area contributed by atoms with Crippen molar-refractivity contribution in [3.8, 4) is 33.4 Å². The van der Waals surface area contributed by atoms with Crippen LogP contribution in [0.15, 0.2) is 205 Å². The molecule has 0 atom stereocenters. The van der Waals surface area contributed by atoms with Crippen molar-refractivity contribution in [1.29, 1.82) is 0 Å². The number of hydrogen-bond acceptors (Lipinski definition) is 4. The predicted molar refractivity (Wildman–Crippen MR) is 250 cm³/mol. The maximum atomic E-state index is 6.95. The van der Waals surface area contributed by atoms with Crippen molar-refractivity contribution in [1.82, 2.24) is 0 Å². The second kappa shape index (κ2) is 13.3. The highest BCUT2D eigenvalue weighted by atomic mass is 32.1. The number of rotatable bonds is 6. The Kier molecular flexibility index (Phi) is 7.62. The summed E-state index contributed by atoms with van der Waals surface area (Å²) < 4.78 is 12.0. The average Bonchev–Trinajstić information content (AvgIpc) is 4.00. The molecule has 0 radical (unpaired) electrons. The Bertz CT molecular complexity index is 3510. The van der Waals surface area contributed by atoms with Crippen LogP contribution < -0.4 is 4.90 Å². The Balaban J connectivity index is 1.28. The molecule has 12 rings (SSSR count). The smallest absolute Gasteiger partial charge is 0.159 e. The van der Waals surface area contributed by atoms with Crippen molar-refractivity contribution in [3.63, 3.8) is 0 Å². The SMILES string of the molecule is c1ccc(-c2ccc3sc4c(-c5ccccc5)cccc4c3c2N(c2cccc3c2oc2ccccc23)c2ccc(-c3ccccc3)c3sc4ccccc4c23)cc1. The molecule has 2 nitrogen and oxygen atoms in total. The number of fused-ring (bicyclic) bond motifs is 9. The fraction of sp³-hybridized carbons (Fsp3) is 0. The Morgan fingerprint density at radius 3 is 1.67 bits per heavy atom. The molecule has 3 aromatic heterocycles. The minimum atomic E-state index is 0.865. The van der Waals surface area contributed by atoms with E-state index in [-0.39, 0.29) is 0 Å². The predicted octanol–water partition coefficient (Wildman–Crippen LogP) is 16.8. The summed E-state index contributed by atoms with van der Waals surface area (Å²) in [5.74, 6) is 0. The van der Waals surface area contributed by atoms with Crippen LogP contribution in [-0.4, -0.2) is 0 Å². The minimum absolute atomic E-state index is 0.865. The molecule has 58 heavy (non-hydrogen) atoms. The molecule has 272 valence electrons. The number of hydrogen-bond donors (Lipinski definition) is 0. The van der Waals surface area contributed by atoms with Gasteiger partial charge in [0.1, 0.15) is 5.58 Å². The van der Waals surface area contributed by atoms with E-state index in [0.717, 1.165) is 50.1 Å². The zero-order chi connectivity index (χ0) is 38.2. The zero-order valence-electron chi connectivity index (χ0n) is 31.2. The Morgan fingerprint density at radius 1 is 0.345 bits per heavy atom. The van der Waals surface area contributed by atoms with Crippen LogP contribution >= 0.6 is 22.7 Å². The molecule has 0 spiro atoms. The van der Waals surface area contributed by atoms with E-state index < -0.39 is 0 Å². The van der Waals surface area contributed by atoms with Crippen LogP contribution in [0.5, 0.6) is 0 Å². The van der Waals surface area contributed by atoms with Crippen molar-refractivity contribution in [2.24, 2.45) is 0 Å². The second-order valence-electron chi connectivity index (χ2n) is 14.7. The molecule has 12 aromatic rings. The lowest BCUT2D eigenvalue weighted by Gasteiger charge is -2.30. The van der Waals surface area contributed by atoms with E-state index in [2.05, 4.69) is 205 Å². The van der Waals surface area contributed by atoms with E-state index >= 15 is 0 Å². The molecule has 3 heterocycles. The molecule has 9 aromatic carbocycles. The van der Waals surface area contributed by atoms with E-state index in [9.17, 15) is 0 Å².